The van der Waals surface area contributed by atoms with Crippen molar-refractivity contribution in [2.45, 2.75) is 32.7 Å². The van der Waals surface area contributed by atoms with Crippen molar-refractivity contribution in [2.75, 3.05) is 19.6 Å². The summed E-state index contributed by atoms with van der Waals surface area (Å²) in [7, 11) is 0. The summed E-state index contributed by atoms with van der Waals surface area (Å²) in [6.45, 7) is 5.52. The molecule has 0 aromatic carbocycles. The molecular formula is C12H20N2O3. The molecule has 17 heavy (non-hydrogen) atoms. The van der Waals surface area contributed by atoms with Gasteiger partial charge < -0.3 is 14.9 Å². The minimum atomic E-state index is -0.790. The maximum Gasteiger partial charge on any atom is 0.320 e. The first-order valence-corrected chi connectivity index (χ1v) is 6.33. The van der Waals surface area contributed by atoms with E-state index in [1.54, 1.807) is 4.90 Å². The molecule has 2 unspecified atom stereocenters. The topological polar surface area (TPSA) is 60.9 Å². The molecule has 0 radical (unpaired) electrons. The van der Waals surface area contributed by atoms with Gasteiger partial charge in [-0.3, -0.25) is 4.79 Å². The molecule has 5 nitrogen and oxygen atoms in total. The van der Waals surface area contributed by atoms with Gasteiger partial charge in [-0.2, -0.15) is 0 Å². The SMILES string of the molecule is CCN(C(=O)N1CC(C)C(C(=O)O)C1)C1CC1. The Morgan fingerprint density at radius 3 is 2.41 bits per heavy atom. The summed E-state index contributed by atoms with van der Waals surface area (Å²) in [5.41, 5.74) is 0. The zero-order chi connectivity index (χ0) is 12.6. The number of likely N-dealkylation sites (tertiary alicyclic amines) is 1. The van der Waals surface area contributed by atoms with Crippen LogP contribution in [-0.2, 0) is 4.79 Å². The molecule has 1 aliphatic heterocycles. The minimum Gasteiger partial charge on any atom is -0.481 e. The lowest BCUT2D eigenvalue weighted by atomic mass is 9.99. The standard InChI is InChI=1S/C12H20N2O3/c1-3-14(9-4-5-9)12(17)13-6-8(2)10(7-13)11(15)16/h8-10H,3-7H2,1-2H3,(H,15,16). The first-order chi connectivity index (χ1) is 8.04. The second-order valence-electron chi connectivity index (χ2n) is 5.13. The summed E-state index contributed by atoms with van der Waals surface area (Å²) in [4.78, 5) is 26.8. The lowest BCUT2D eigenvalue weighted by molar-refractivity contribution is -0.142. The second-order valence-corrected chi connectivity index (χ2v) is 5.13. The van der Waals surface area contributed by atoms with Crippen LogP contribution >= 0.6 is 0 Å². The Morgan fingerprint density at radius 2 is 2.00 bits per heavy atom. The molecule has 2 atom stereocenters. The molecule has 1 saturated heterocycles. The molecule has 5 heteroatoms. The summed E-state index contributed by atoms with van der Waals surface area (Å²) < 4.78 is 0. The average Bonchev–Trinajstić information content (AvgIpc) is 3.01. The largest absolute Gasteiger partial charge is 0.481 e. The van der Waals surface area contributed by atoms with Crippen molar-refractivity contribution in [3.63, 3.8) is 0 Å². The lowest BCUT2D eigenvalue weighted by Gasteiger charge is -2.27. The first-order valence-electron chi connectivity index (χ1n) is 6.33. The Hall–Kier alpha value is -1.26. The van der Waals surface area contributed by atoms with Crippen molar-refractivity contribution >= 4 is 12.0 Å². The van der Waals surface area contributed by atoms with Crippen LogP contribution in [0.5, 0.6) is 0 Å². The van der Waals surface area contributed by atoms with Crippen LogP contribution in [0, 0.1) is 11.8 Å². The number of carbonyl (C=O) groups is 2. The Morgan fingerprint density at radius 1 is 1.35 bits per heavy atom. The highest BCUT2D eigenvalue weighted by Gasteiger charge is 2.40. The zero-order valence-corrected chi connectivity index (χ0v) is 10.4. The van der Waals surface area contributed by atoms with Gasteiger partial charge in [-0.25, -0.2) is 4.79 Å². The van der Waals surface area contributed by atoms with Crippen LogP contribution in [0.2, 0.25) is 0 Å². The number of carboxylic acid groups (broad SMARTS) is 1. The predicted molar refractivity (Wildman–Crippen MR) is 62.7 cm³/mol. The number of carbonyl (C=O) groups excluding carboxylic acids is 1. The maximum atomic E-state index is 12.2. The van der Waals surface area contributed by atoms with Gasteiger partial charge in [0.25, 0.3) is 0 Å². The fourth-order valence-corrected chi connectivity index (χ4v) is 2.56. The molecule has 1 saturated carbocycles. The van der Waals surface area contributed by atoms with Gasteiger partial charge >= 0.3 is 12.0 Å². The van der Waals surface area contributed by atoms with Gasteiger partial charge in [-0.05, 0) is 25.7 Å². The van der Waals surface area contributed by atoms with Gasteiger partial charge in [0.15, 0.2) is 0 Å². The first kappa shape index (κ1) is 12.2. The van der Waals surface area contributed by atoms with Crippen molar-refractivity contribution in [1.82, 2.24) is 9.80 Å². The van der Waals surface area contributed by atoms with E-state index in [0.717, 1.165) is 12.8 Å². The summed E-state index contributed by atoms with van der Waals surface area (Å²) >= 11 is 0. The maximum absolute atomic E-state index is 12.2. The van der Waals surface area contributed by atoms with E-state index >= 15 is 0 Å². The van der Waals surface area contributed by atoms with Gasteiger partial charge in [-0.15, -0.1) is 0 Å². The fourth-order valence-electron chi connectivity index (χ4n) is 2.56. The molecular weight excluding hydrogens is 220 g/mol. The molecule has 1 heterocycles. The van der Waals surface area contributed by atoms with Crippen LogP contribution in [0.4, 0.5) is 4.79 Å². The summed E-state index contributed by atoms with van der Waals surface area (Å²) in [6, 6.07) is 0.414. The normalized spacial score (nSPS) is 28.2. The third-order valence-corrected chi connectivity index (χ3v) is 3.77. The predicted octanol–water partition coefficient (Wildman–Crippen LogP) is 1.24. The fraction of sp³-hybridized carbons (Fsp3) is 0.833. The Balaban J connectivity index is 1.99. The highest BCUT2D eigenvalue weighted by atomic mass is 16.4. The molecule has 2 rings (SSSR count). The monoisotopic (exact) mass is 240 g/mol. The van der Waals surface area contributed by atoms with E-state index < -0.39 is 11.9 Å². The molecule has 96 valence electrons. The molecule has 1 aliphatic carbocycles. The number of hydrogen-bond acceptors (Lipinski definition) is 2. The molecule has 0 spiro atoms. The van der Waals surface area contributed by atoms with Crippen molar-refractivity contribution in [3.8, 4) is 0 Å². The molecule has 0 aromatic rings. The Kier molecular flexibility index (Phi) is 3.26. The number of rotatable bonds is 3. The van der Waals surface area contributed by atoms with Crippen LogP contribution in [0.3, 0.4) is 0 Å². The van der Waals surface area contributed by atoms with E-state index in [-0.39, 0.29) is 11.9 Å². The molecule has 2 amide bonds. The summed E-state index contributed by atoms with van der Waals surface area (Å²) in [5, 5.41) is 9.05. The summed E-state index contributed by atoms with van der Waals surface area (Å²) in [6.07, 6.45) is 2.18. The molecule has 1 N–H and O–H groups in total. The second kappa shape index (κ2) is 4.55. The van der Waals surface area contributed by atoms with Gasteiger partial charge in [-0.1, -0.05) is 6.92 Å². The van der Waals surface area contributed by atoms with E-state index in [0.29, 0.717) is 25.7 Å². The average molecular weight is 240 g/mol. The van der Waals surface area contributed by atoms with E-state index in [2.05, 4.69) is 0 Å². The third kappa shape index (κ3) is 2.37. The van der Waals surface area contributed by atoms with Crippen LogP contribution in [0.15, 0.2) is 0 Å². The summed E-state index contributed by atoms with van der Waals surface area (Å²) in [5.74, 6) is -1.14. The number of amides is 2. The Bertz CT molecular complexity index is 328. The van der Waals surface area contributed by atoms with E-state index in [1.807, 2.05) is 18.7 Å². The quantitative estimate of drug-likeness (QED) is 0.807. The Labute approximate surface area is 101 Å². The molecule has 2 fully saturated rings. The van der Waals surface area contributed by atoms with Gasteiger partial charge in [0.2, 0.25) is 0 Å². The van der Waals surface area contributed by atoms with Crippen molar-refractivity contribution in [1.29, 1.82) is 0 Å². The number of carboxylic acids is 1. The van der Waals surface area contributed by atoms with Crippen molar-refractivity contribution in [2.24, 2.45) is 11.8 Å². The van der Waals surface area contributed by atoms with Gasteiger partial charge in [0.1, 0.15) is 0 Å². The van der Waals surface area contributed by atoms with Gasteiger partial charge in [0, 0.05) is 25.7 Å². The minimum absolute atomic E-state index is 0.0191. The molecule has 2 aliphatic rings. The number of hydrogen-bond donors (Lipinski definition) is 1. The number of nitrogens with zero attached hydrogens (tertiary/aromatic N) is 2. The van der Waals surface area contributed by atoms with E-state index in [4.69, 9.17) is 5.11 Å². The molecule has 0 aromatic heterocycles. The lowest BCUT2D eigenvalue weighted by Crippen LogP contribution is -2.43. The third-order valence-electron chi connectivity index (χ3n) is 3.77. The van der Waals surface area contributed by atoms with Crippen LogP contribution < -0.4 is 0 Å². The highest BCUT2D eigenvalue weighted by Crippen LogP contribution is 2.30. The smallest absolute Gasteiger partial charge is 0.320 e. The van der Waals surface area contributed by atoms with Crippen LogP contribution in [0.25, 0.3) is 0 Å². The van der Waals surface area contributed by atoms with Crippen LogP contribution in [0.1, 0.15) is 26.7 Å². The van der Waals surface area contributed by atoms with E-state index in [9.17, 15) is 9.59 Å². The zero-order valence-electron chi connectivity index (χ0n) is 10.4. The van der Waals surface area contributed by atoms with Crippen molar-refractivity contribution < 1.29 is 14.7 Å². The number of urea groups is 1. The highest BCUT2D eigenvalue weighted by molar-refractivity contribution is 5.78. The molecule has 0 bridgehead atoms. The van der Waals surface area contributed by atoms with Crippen molar-refractivity contribution in [3.05, 3.63) is 0 Å². The van der Waals surface area contributed by atoms with Crippen LogP contribution in [-0.4, -0.2) is 52.6 Å². The van der Waals surface area contributed by atoms with Gasteiger partial charge in [0.05, 0.1) is 5.92 Å². The van der Waals surface area contributed by atoms with E-state index in [1.165, 1.54) is 0 Å². The number of aliphatic carboxylic acids is 1.